The van der Waals surface area contributed by atoms with Crippen molar-refractivity contribution < 1.29 is 17.9 Å². The van der Waals surface area contributed by atoms with Crippen molar-refractivity contribution in [2.24, 2.45) is 5.92 Å². The highest BCUT2D eigenvalue weighted by Crippen LogP contribution is 2.52. The second kappa shape index (κ2) is 5.99. The molecule has 0 bridgehead atoms. The first-order chi connectivity index (χ1) is 11.9. The number of rotatable bonds is 2. The molecule has 1 aliphatic carbocycles. The van der Waals surface area contributed by atoms with Gasteiger partial charge in [0.25, 0.3) is 0 Å². The van der Waals surface area contributed by atoms with Crippen molar-refractivity contribution in [3.05, 3.63) is 70.8 Å². The van der Waals surface area contributed by atoms with Gasteiger partial charge in [0.05, 0.1) is 16.8 Å². The van der Waals surface area contributed by atoms with Gasteiger partial charge < -0.3 is 10.1 Å². The molecule has 0 saturated carbocycles. The van der Waals surface area contributed by atoms with E-state index in [-0.39, 0.29) is 28.6 Å². The lowest BCUT2D eigenvalue weighted by Gasteiger charge is -2.38. The van der Waals surface area contributed by atoms with E-state index >= 15 is 0 Å². The van der Waals surface area contributed by atoms with E-state index in [2.05, 4.69) is 16.1 Å². The molecule has 4 rings (SSSR count). The molecule has 130 valence electrons. The smallest absolute Gasteiger partial charge is 0.406 e. The van der Waals surface area contributed by atoms with Crippen LogP contribution in [-0.2, 0) is 0 Å². The number of ether oxygens (including phenoxy) is 1. The molecule has 0 amide bonds. The summed E-state index contributed by atoms with van der Waals surface area (Å²) < 4.78 is 41.8. The number of halogens is 4. The predicted octanol–water partition coefficient (Wildman–Crippen LogP) is 6.07. The minimum absolute atomic E-state index is 0.00994. The molecule has 25 heavy (non-hydrogen) atoms. The average Bonchev–Trinajstić information content (AvgIpc) is 3.03. The Morgan fingerprint density at radius 2 is 1.88 bits per heavy atom. The first-order valence-corrected chi connectivity index (χ1v) is 8.37. The zero-order valence-corrected chi connectivity index (χ0v) is 13.8. The fraction of sp³-hybridized carbons (Fsp3) is 0.263. The molecule has 0 spiro atoms. The summed E-state index contributed by atoms with van der Waals surface area (Å²) >= 11 is 6.29. The van der Waals surface area contributed by atoms with Gasteiger partial charge in [0, 0.05) is 12.0 Å². The van der Waals surface area contributed by atoms with E-state index < -0.39 is 6.36 Å². The van der Waals surface area contributed by atoms with E-state index in [0.29, 0.717) is 5.69 Å². The molecule has 6 heteroatoms. The molecular formula is C19H15ClF3NO. The molecular weight excluding hydrogens is 351 g/mol. The first-order valence-electron chi connectivity index (χ1n) is 8.00. The van der Waals surface area contributed by atoms with Crippen molar-refractivity contribution in [2.45, 2.75) is 24.7 Å². The fourth-order valence-corrected chi connectivity index (χ4v) is 4.08. The van der Waals surface area contributed by atoms with Crippen LogP contribution in [-0.4, -0.2) is 6.36 Å². The standard InChI is InChI=1S/C19H15ClF3NO/c20-16-10-12(25-19(21,22)23)9-15-13-7-4-8-14(13)17(24-18(15)16)11-5-2-1-3-6-11/h1-7,9-10,13-14,17,24H,8H2. The molecule has 2 aliphatic rings. The minimum Gasteiger partial charge on any atom is -0.406 e. The highest BCUT2D eigenvalue weighted by atomic mass is 35.5. The lowest BCUT2D eigenvalue weighted by atomic mass is 9.77. The number of hydrogen-bond donors (Lipinski definition) is 1. The lowest BCUT2D eigenvalue weighted by Crippen LogP contribution is -2.29. The summed E-state index contributed by atoms with van der Waals surface area (Å²) in [5.41, 5.74) is 2.56. The van der Waals surface area contributed by atoms with Crippen molar-refractivity contribution in [2.75, 3.05) is 5.32 Å². The van der Waals surface area contributed by atoms with Crippen LogP contribution < -0.4 is 10.1 Å². The molecule has 1 N–H and O–H groups in total. The van der Waals surface area contributed by atoms with Crippen LogP contribution in [0.4, 0.5) is 18.9 Å². The van der Waals surface area contributed by atoms with Gasteiger partial charge >= 0.3 is 6.36 Å². The van der Waals surface area contributed by atoms with Crippen molar-refractivity contribution in [3.63, 3.8) is 0 Å². The van der Waals surface area contributed by atoms with Gasteiger partial charge in [-0.15, -0.1) is 13.2 Å². The molecule has 3 unspecified atom stereocenters. The first kappa shape index (κ1) is 16.3. The summed E-state index contributed by atoms with van der Waals surface area (Å²) in [5.74, 6) is -0.0434. The molecule has 1 heterocycles. The van der Waals surface area contributed by atoms with Gasteiger partial charge in [-0.05, 0) is 29.5 Å². The number of allylic oxidation sites excluding steroid dienone is 2. The van der Waals surface area contributed by atoms with Crippen LogP contribution in [0.5, 0.6) is 5.75 Å². The summed E-state index contributed by atoms with van der Waals surface area (Å²) in [6, 6.07) is 12.7. The summed E-state index contributed by atoms with van der Waals surface area (Å²) in [6.45, 7) is 0. The molecule has 2 nitrogen and oxygen atoms in total. The highest BCUT2D eigenvalue weighted by molar-refractivity contribution is 6.33. The number of hydrogen-bond acceptors (Lipinski definition) is 2. The van der Waals surface area contributed by atoms with Gasteiger partial charge in [-0.3, -0.25) is 0 Å². The van der Waals surface area contributed by atoms with E-state index in [1.807, 2.05) is 36.4 Å². The van der Waals surface area contributed by atoms with E-state index in [1.165, 1.54) is 12.1 Å². The summed E-state index contributed by atoms with van der Waals surface area (Å²) in [5, 5.41) is 3.67. The number of benzene rings is 2. The Kier molecular flexibility index (Phi) is 3.91. The third kappa shape index (κ3) is 3.09. The number of nitrogens with one attached hydrogen (secondary N) is 1. The van der Waals surface area contributed by atoms with Crippen LogP contribution in [0.1, 0.15) is 29.5 Å². The third-order valence-electron chi connectivity index (χ3n) is 4.79. The Hall–Kier alpha value is -2.14. The van der Waals surface area contributed by atoms with Crippen LogP contribution >= 0.6 is 11.6 Å². The molecule has 2 aromatic carbocycles. The van der Waals surface area contributed by atoms with E-state index in [9.17, 15) is 13.2 Å². The topological polar surface area (TPSA) is 21.3 Å². The van der Waals surface area contributed by atoms with Gasteiger partial charge in [0.2, 0.25) is 0 Å². The van der Waals surface area contributed by atoms with E-state index in [4.69, 9.17) is 11.6 Å². The second-order valence-corrected chi connectivity index (χ2v) is 6.71. The van der Waals surface area contributed by atoms with E-state index in [0.717, 1.165) is 17.5 Å². The minimum atomic E-state index is -4.74. The van der Waals surface area contributed by atoms with Crippen molar-refractivity contribution >= 4 is 17.3 Å². The molecule has 0 aromatic heterocycles. The molecule has 2 aromatic rings. The number of anilines is 1. The normalized spacial score (nSPS) is 24.4. The van der Waals surface area contributed by atoms with Gasteiger partial charge in [-0.1, -0.05) is 54.1 Å². The van der Waals surface area contributed by atoms with Crippen molar-refractivity contribution in [1.82, 2.24) is 0 Å². The van der Waals surface area contributed by atoms with Crippen molar-refractivity contribution in [3.8, 4) is 5.75 Å². The van der Waals surface area contributed by atoms with Gasteiger partial charge in [-0.25, -0.2) is 0 Å². The molecule has 3 atom stereocenters. The van der Waals surface area contributed by atoms with Gasteiger partial charge in [0.1, 0.15) is 5.75 Å². The zero-order chi connectivity index (χ0) is 17.6. The van der Waals surface area contributed by atoms with Crippen LogP contribution in [0.15, 0.2) is 54.6 Å². The maximum atomic E-state index is 12.6. The van der Waals surface area contributed by atoms with Crippen LogP contribution in [0.2, 0.25) is 5.02 Å². The van der Waals surface area contributed by atoms with Gasteiger partial charge in [0.15, 0.2) is 0 Å². The Balaban J connectivity index is 1.76. The average molecular weight is 366 g/mol. The predicted molar refractivity (Wildman–Crippen MR) is 90.9 cm³/mol. The zero-order valence-electron chi connectivity index (χ0n) is 13.1. The van der Waals surface area contributed by atoms with Crippen LogP contribution in [0.3, 0.4) is 0 Å². The summed E-state index contributed by atoms with van der Waals surface area (Å²) in [7, 11) is 0. The second-order valence-electron chi connectivity index (χ2n) is 6.30. The largest absolute Gasteiger partial charge is 0.573 e. The fourth-order valence-electron chi connectivity index (χ4n) is 3.81. The summed E-state index contributed by atoms with van der Waals surface area (Å²) in [4.78, 5) is 0. The van der Waals surface area contributed by atoms with Gasteiger partial charge in [-0.2, -0.15) is 0 Å². The quantitative estimate of drug-likeness (QED) is 0.652. The Morgan fingerprint density at radius 1 is 1.12 bits per heavy atom. The molecule has 0 radical (unpaired) electrons. The van der Waals surface area contributed by atoms with Crippen LogP contribution in [0.25, 0.3) is 0 Å². The third-order valence-corrected chi connectivity index (χ3v) is 5.08. The number of alkyl halides is 3. The molecule has 0 saturated heterocycles. The van der Waals surface area contributed by atoms with Crippen LogP contribution in [0, 0.1) is 5.92 Å². The monoisotopic (exact) mass is 365 g/mol. The van der Waals surface area contributed by atoms with E-state index in [1.54, 1.807) is 0 Å². The molecule has 0 fully saturated rings. The number of fused-ring (bicyclic) bond motifs is 3. The summed E-state index contributed by atoms with van der Waals surface area (Å²) in [6.07, 6.45) is 0.247. The Bertz CT molecular complexity index is 819. The maximum Gasteiger partial charge on any atom is 0.573 e. The Labute approximate surface area is 148 Å². The highest BCUT2D eigenvalue weighted by Gasteiger charge is 2.40. The molecule has 1 aliphatic heterocycles. The Morgan fingerprint density at radius 3 is 2.60 bits per heavy atom. The van der Waals surface area contributed by atoms with Crippen molar-refractivity contribution in [1.29, 1.82) is 0 Å². The lowest BCUT2D eigenvalue weighted by molar-refractivity contribution is -0.274. The SMILES string of the molecule is FC(F)(F)Oc1cc(Cl)c2c(c1)C1C=CCC1C(c1ccccc1)N2. The maximum absolute atomic E-state index is 12.6.